The number of carbonyl (C=O) groups excluding carboxylic acids is 2. The number of amides is 2. The van der Waals surface area contributed by atoms with Crippen LogP contribution in [0.25, 0.3) is 0 Å². The number of nitrogens with zero attached hydrogens (tertiary/aromatic N) is 2. The molecule has 142 valence electrons. The zero-order chi connectivity index (χ0) is 18.7. The van der Waals surface area contributed by atoms with Crippen molar-refractivity contribution in [3.05, 3.63) is 24.0 Å². The lowest BCUT2D eigenvalue weighted by Gasteiger charge is -2.27. The summed E-state index contributed by atoms with van der Waals surface area (Å²) >= 11 is 1.77. The molecule has 1 aromatic rings. The fourth-order valence-corrected chi connectivity index (χ4v) is 4.24. The highest BCUT2D eigenvalue weighted by Crippen LogP contribution is 2.32. The Morgan fingerprint density at radius 1 is 1.46 bits per heavy atom. The number of anilines is 2. The third-order valence-corrected chi connectivity index (χ3v) is 5.46. The Bertz CT molecular complexity index is 688. The lowest BCUT2D eigenvalue weighted by molar-refractivity contribution is -0.119. The van der Waals surface area contributed by atoms with Crippen LogP contribution in [0.4, 0.5) is 20.6 Å². The molecular formula is C18H24FN3O3S. The summed E-state index contributed by atoms with van der Waals surface area (Å²) in [6.45, 7) is 2.80. The average molecular weight is 381 g/mol. The Balaban J connectivity index is 1.71. The van der Waals surface area contributed by atoms with Crippen molar-refractivity contribution in [2.75, 3.05) is 41.4 Å². The second-order valence-electron chi connectivity index (χ2n) is 6.63. The van der Waals surface area contributed by atoms with Crippen LogP contribution in [0.2, 0.25) is 0 Å². The summed E-state index contributed by atoms with van der Waals surface area (Å²) in [5.41, 5.74) is 1.06. The van der Waals surface area contributed by atoms with Gasteiger partial charge in [-0.25, -0.2) is 9.18 Å². The molecule has 2 aliphatic rings. The molecular weight excluding hydrogens is 357 g/mol. The first-order chi connectivity index (χ1) is 12.5. The van der Waals surface area contributed by atoms with Gasteiger partial charge in [0.05, 0.1) is 24.5 Å². The smallest absolute Gasteiger partial charge is 0.414 e. The molecule has 0 aliphatic carbocycles. The van der Waals surface area contributed by atoms with Gasteiger partial charge in [-0.15, -0.1) is 0 Å². The van der Waals surface area contributed by atoms with Crippen LogP contribution < -0.4 is 15.1 Å². The maximum atomic E-state index is 14.8. The Morgan fingerprint density at radius 2 is 2.27 bits per heavy atom. The van der Waals surface area contributed by atoms with Crippen molar-refractivity contribution < 1.29 is 18.7 Å². The van der Waals surface area contributed by atoms with E-state index in [1.54, 1.807) is 23.9 Å². The highest BCUT2D eigenvalue weighted by Gasteiger charge is 2.33. The van der Waals surface area contributed by atoms with Gasteiger partial charge >= 0.3 is 6.09 Å². The first kappa shape index (κ1) is 18.8. The van der Waals surface area contributed by atoms with Crippen LogP contribution in [-0.2, 0) is 9.53 Å². The topological polar surface area (TPSA) is 61.9 Å². The molecule has 0 bridgehead atoms. The summed E-state index contributed by atoms with van der Waals surface area (Å²) < 4.78 is 20.0. The lowest BCUT2D eigenvalue weighted by atomic mass is 10.2. The van der Waals surface area contributed by atoms with Crippen molar-refractivity contribution in [2.45, 2.75) is 31.9 Å². The highest BCUT2D eigenvalue weighted by molar-refractivity contribution is 7.98. The van der Waals surface area contributed by atoms with Crippen molar-refractivity contribution in [3.63, 3.8) is 0 Å². The minimum Gasteiger partial charge on any atom is -0.442 e. The maximum absolute atomic E-state index is 14.8. The molecule has 2 saturated heterocycles. The summed E-state index contributed by atoms with van der Waals surface area (Å²) in [6.07, 6.45) is 3.25. The molecule has 2 atom stereocenters. The standard InChI is InChI=1S/C18H24FN3O3S/c1-12(23)20-9-15-10-22(18(24)25-15)13-5-6-17(16(19)8-13)21-7-3-4-14(21)11-26-2/h5-6,8,14-15H,3-4,7,9-11H2,1-2H3,(H,20,23)/t14?,15-/m0/s1. The summed E-state index contributed by atoms with van der Waals surface area (Å²) in [5, 5.41) is 2.63. The van der Waals surface area contributed by atoms with Crippen molar-refractivity contribution in [1.29, 1.82) is 0 Å². The summed E-state index contributed by atoms with van der Waals surface area (Å²) in [4.78, 5) is 26.6. The minimum absolute atomic E-state index is 0.180. The number of halogens is 1. The Kier molecular flexibility index (Phi) is 5.90. The summed E-state index contributed by atoms with van der Waals surface area (Å²) in [5.74, 6) is 0.471. The number of rotatable bonds is 6. The van der Waals surface area contributed by atoms with E-state index in [1.807, 2.05) is 0 Å². The van der Waals surface area contributed by atoms with Gasteiger partial charge < -0.3 is 15.0 Å². The molecule has 0 saturated carbocycles. The van der Waals surface area contributed by atoms with E-state index in [4.69, 9.17) is 4.74 Å². The third-order valence-electron chi connectivity index (χ3n) is 4.74. The predicted octanol–water partition coefficient (Wildman–Crippen LogP) is 2.62. The average Bonchev–Trinajstić information content (AvgIpc) is 3.20. The van der Waals surface area contributed by atoms with E-state index in [-0.39, 0.29) is 24.8 Å². The third kappa shape index (κ3) is 4.06. The number of benzene rings is 1. The van der Waals surface area contributed by atoms with E-state index in [2.05, 4.69) is 16.5 Å². The molecule has 0 aromatic heterocycles. The molecule has 1 aromatic carbocycles. The van der Waals surface area contributed by atoms with Gasteiger partial charge in [-0.2, -0.15) is 11.8 Å². The van der Waals surface area contributed by atoms with E-state index in [9.17, 15) is 14.0 Å². The zero-order valence-electron chi connectivity index (χ0n) is 15.0. The zero-order valence-corrected chi connectivity index (χ0v) is 15.9. The number of nitrogens with one attached hydrogen (secondary N) is 1. The largest absolute Gasteiger partial charge is 0.442 e. The van der Waals surface area contributed by atoms with Gasteiger partial charge in [0.1, 0.15) is 11.9 Å². The molecule has 2 amide bonds. The number of thioether (sulfide) groups is 1. The maximum Gasteiger partial charge on any atom is 0.414 e. The van der Waals surface area contributed by atoms with Crippen LogP contribution in [0, 0.1) is 5.82 Å². The van der Waals surface area contributed by atoms with E-state index in [0.29, 0.717) is 17.4 Å². The number of carbonyl (C=O) groups is 2. The van der Waals surface area contributed by atoms with Crippen molar-refractivity contribution in [3.8, 4) is 0 Å². The van der Waals surface area contributed by atoms with Crippen molar-refractivity contribution in [1.82, 2.24) is 5.32 Å². The van der Waals surface area contributed by atoms with Crippen LogP contribution in [0.3, 0.4) is 0 Å². The van der Waals surface area contributed by atoms with E-state index >= 15 is 0 Å². The van der Waals surface area contributed by atoms with Crippen molar-refractivity contribution in [2.24, 2.45) is 0 Å². The lowest BCUT2D eigenvalue weighted by Crippen LogP contribution is -2.33. The van der Waals surface area contributed by atoms with Crippen LogP contribution >= 0.6 is 11.8 Å². The number of ether oxygens (including phenoxy) is 1. The summed E-state index contributed by atoms with van der Waals surface area (Å²) in [7, 11) is 0. The van der Waals surface area contributed by atoms with Crippen molar-refractivity contribution >= 4 is 35.1 Å². The molecule has 0 spiro atoms. The molecule has 2 fully saturated rings. The molecule has 3 rings (SSSR count). The monoisotopic (exact) mass is 381 g/mol. The van der Waals surface area contributed by atoms with Gasteiger partial charge in [0.15, 0.2) is 0 Å². The van der Waals surface area contributed by atoms with Gasteiger partial charge in [0.25, 0.3) is 0 Å². The first-order valence-electron chi connectivity index (χ1n) is 8.77. The predicted molar refractivity (Wildman–Crippen MR) is 101 cm³/mol. The second-order valence-corrected chi connectivity index (χ2v) is 7.54. The van der Waals surface area contributed by atoms with Gasteiger partial charge in [0, 0.05) is 25.3 Å². The minimum atomic E-state index is -0.520. The van der Waals surface area contributed by atoms with Crippen LogP contribution in [0.15, 0.2) is 18.2 Å². The van der Waals surface area contributed by atoms with E-state index in [1.165, 1.54) is 17.9 Å². The Hall–Kier alpha value is -1.96. The summed E-state index contributed by atoms with van der Waals surface area (Å²) in [6, 6.07) is 5.25. The molecule has 8 heteroatoms. The first-order valence-corrected chi connectivity index (χ1v) is 10.2. The number of hydrogen-bond donors (Lipinski definition) is 1. The van der Waals surface area contributed by atoms with E-state index < -0.39 is 12.2 Å². The molecule has 26 heavy (non-hydrogen) atoms. The fraction of sp³-hybridized carbons (Fsp3) is 0.556. The van der Waals surface area contributed by atoms with Crippen LogP contribution in [0.1, 0.15) is 19.8 Å². The normalized spacial score (nSPS) is 22.7. The van der Waals surface area contributed by atoms with Gasteiger partial charge in [0.2, 0.25) is 5.91 Å². The van der Waals surface area contributed by atoms with E-state index in [0.717, 1.165) is 25.1 Å². The molecule has 6 nitrogen and oxygen atoms in total. The number of hydrogen-bond acceptors (Lipinski definition) is 5. The van der Waals surface area contributed by atoms with Gasteiger partial charge in [-0.3, -0.25) is 9.69 Å². The second kappa shape index (κ2) is 8.16. The molecule has 0 radical (unpaired) electrons. The quantitative estimate of drug-likeness (QED) is 0.821. The molecule has 2 aliphatic heterocycles. The highest BCUT2D eigenvalue weighted by atomic mass is 32.2. The molecule has 1 N–H and O–H groups in total. The van der Waals surface area contributed by atoms with Gasteiger partial charge in [-0.1, -0.05) is 0 Å². The number of cyclic esters (lactones) is 1. The van der Waals surface area contributed by atoms with Gasteiger partial charge in [-0.05, 0) is 37.3 Å². The SMILES string of the molecule is CSCC1CCCN1c1ccc(N2C[C@H](CNC(C)=O)OC2=O)cc1F. The fourth-order valence-electron chi connectivity index (χ4n) is 3.51. The Morgan fingerprint density at radius 3 is 2.96 bits per heavy atom. The van der Waals surface area contributed by atoms with Crippen LogP contribution in [-0.4, -0.2) is 55.8 Å². The molecule has 2 heterocycles. The van der Waals surface area contributed by atoms with Crippen LogP contribution in [0.5, 0.6) is 0 Å². The Labute approximate surface area is 157 Å². The molecule has 1 unspecified atom stereocenters.